The molecular weight excluding hydrogens is 411 g/mol. The number of nitrogens with zero attached hydrogens (tertiary/aromatic N) is 2. The second kappa shape index (κ2) is 7.80. The third-order valence-corrected chi connectivity index (χ3v) is 3.76. The molecule has 0 spiro atoms. The number of aryl methyl sites for hydroxylation is 1. The van der Waals surface area contributed by atoms with Crippen LogP contribution >= 0.6 is 0 Å². The zero-order valence-corrected chi connectivity index (χ0v) is 14.8. The summed E-state index contributed by atoms with van der Waals surface area (Å²) in [5.41, 5.74) is 1.85. The normalized spacial score (nSPS) is 20.6. The number of hydrogen-bond acceptors (Lipinski definition) is 4. The molecule has 0 N–H and O–H groups in total. The van der Waals surface area contributed by atoms with Gasteiger partial charge >= 0.3 is 0 Å². The van der Waals surface area contributed by atoms with Gasteiger partial charge in [-0.2, -0.15) is 0 Å². The maximum absolute atomic E-state index is 10.8. The third kappa shape index (κ3) is 4.04. The first-order valence-electron chi connectivity index (χ1n) is 7.07. The van der Waals surface area contributed by atoms with Crippen LogP contribution < -0.4 is 28.5 Å². The Labute approximate surface area is 151 Å². The van der Waals surface area contributed by atoms with Gasteiger partial charge in [0.15, 0.2) is 18.2 Å². The fraction of sp³-hybridized carbons (Fsp3) is 0.312. The van der Waals surface area contributed by atoms with Crippen molar-refractivity contribution in [2.24, 2.45) is 7.05 Å². The van der Waals surface area contributed by atoms with E-state index in [4.69, 9.17) is 9.47 Å². The number of nitro groups is 1. The minimum atomic E-state index is -0.551. The number of rotatable bonds is 3. The monoisotopic (exact) mass is 428 g/mol. The van der Waals surface area contributed by atoms with E-state index in [9.17, 15) is 10.1 Å². The molecule has 23 heavy (non-hydrogen) atoms. The van der Waals surface area contributed by atoms with E-state index in [2.05, 4.69) is 0 Å². The maximum atomic E-state index is 10.8. The molecule has 0 aliphatic carbocycles. The van der Waals surface area contributed by atoms with Crippen molar-refractivity contribution in [3.63, 3.8) is 0 Å². The van der Waals surface area contributed by atoms with E-state index in [1.165, 1.54) is 12.1 Å². The smallest absolute Gasteiger partial charge is 0.269 e. The van der Waals surface area contributed by atoms with Gasteiger partial charge in [-0.1, -0.05) is 18.2 Å². The number of non-ortho nitro benzene ring substituents is 1. The van der Waals surface area contributed by atoms with Crippen LogP contribution in [0.15, 0.2) is 48.7 Å². The van der Waals surface area contributed by atoms with E-state index in [1.807, 2.05) is 36.0 Å². The van der Waals surface area contributed by atoms with Crippen molar-refractivity contribution in [3.05, 3.63) is 70.0 Å². The summed E-state index contributed by atoms with van der Waals surface area (Å²) < 4.78 is 13.6. The van der Waals surface area contributed by atoms with E-state index in [0.717, 1.165) is 5.69 Å². The molecule has 0 saturated carbocycles. The fourth-order valence-corrected chi connectivity index (χ4v) is 2.61. The average molecular weight is 428 g/mol. The topological polar surface area (TPSA) is 65.5 Å². The summed E-state index contributed by atoms with van der Waals surface area (Å²) in [4.78, 5) is 10.4. The molecule has 0 radical (unpaired) electrons. The van der Waals surface area contributed by atoms with Crippen LogP contribution in [0.2, 0.25) is 0 Å². The number of nitro benzene ring substituents is 1. The van der Waals surface area contributed by atoms with Crippen molar-refractivity contribution in [2.75, 3.05) is 13.2 Å². The van der Waals surface area contributed by atoms with Crippen LogP contribution in [0.1, 0.15) is 23.5 Å². The quantitative estimate of drug-likeness (QED) is 0.280. The lowest BCUT2D eigenvalue weighted by Gasteiger charge is -2.28. The van der Waals surface area contributed by atoms with Gasteiger partial charge in [-0.3, -0.25) is 10.1 Å². The van der Waals surface area contributed by atoms with Gasteiger partial charge < -0.3 is 33.5 Å². The predicted molar refractivity (Wildman–Crippen MR) is 78.1 cm³/mol. The van der Waals surface area contributed by atoms with E-state index in [-0.39, 0.29) is 35.6 Å². The highest BCUT2D eigenvalue weighted by atomic mass is 127. The van der Waals surface area contributed by atoms with E-state index in [0.29, 0.717) is 18.8 Å². The first-order chi connectivity index (χ1) is 10.6. The first kappa shape index (κ1) is 17.8. The summed E-state index contributed by atoms with van der Waals surface area (Å²) in [5.74, 6) is 0.154. The lowest BCUT2D eigenvalue weighted by molar-refractivity contribution is -0.681. The predicted octanol–water partition coefficient (Wildman–Crippen LogP) is -0.747. The number of hydrogen-bond donors (Lipinski definition) is 0. The van der Waals surface area contributed by atoms with Crippen LogP contribution in [0.25, 0.3) is 0 Å². The number of pyridine rings is 1. The number of halogens is 1. The zero-order valence-electron chi connectivity index (χ0n) is 12.6. The third-order valence-electron chi connectivity index (χ3n) is 3.76. The number of aromatic nitrogens is 1. The second-order valence-electron chi connectivity index (χ2n) is 5.28. The van der Waals surface area contributed by atoms with E-state index >= 15 is 0 Å². The van der Waals surface area contributed by atoms with Gasteiger partial charge in [-0.25, -0.2) is 4.57 Å². The maximum Gasteiger partial charge on any atom is 0.269 e. The highest BCUT2D eigenvalue weighted by molar-refractivity contribution is 5.34. The summed E-state index contributed by atoms with van der Waals surface area (Å²) in [6.07, 6.45) is 1.44. The summed E-state index contributed by atoms with van der Waals surface area (Å²) in [6, 6.07) is 12.4. The Balaban J connectivity index is 0.00000192. The van der Waals surface area contributed by atoms with Crippen LogP contribution in [-0.4, -0.2) is 18.1 Å². The second-order valence-corrected chi connectivity index (χ2v) is 5.28. The van der Waals surface area contributed by atoms with Crippen molar-refractivity contribution >= 4 is 5.69 Å². The Morgan fingerprint density at radius 1 is 1.17 bits per heavy atom. The Morgan fingerprint density at radius 3 is 2.57 bits per heavy atom. The van der Waals surface area contributed by atoms with Crippen molar-refractivity contribution in [3.8, 4) is 0 Å². The zero-order chi connectivity index (χ0) is 15.5. The van der Waals surface area contributed by atoms with Gasteiger partial charge in [0.2, 0.25) is 0 Å². The van der Waals surface area contributed by atoms with Gasteiger partial charge in [0.25, 0.3) is 5.69 Å². The van der Waals surface area contributed by atoms with Crippen LogP contribution in [-0.2, 0) is 16.5 Å². The highest BCUT2D eigenvalue weighted by Crippen LogP contribution is 2.30. The summed E-state index contributed by atoms with van der Waals surface area (Å²) in [5, 5.41) is 10.8. The minimum Gasteiger partial charge on any atom is -1.00 e. The van der Waals surface area contributed by atoms with Crippen molar-refractivity contribution in [2.45, 2.75) is 12.2 Å². The van der Waals surface area contributed by atoms with Crippen molar-refractivity contribution in [1.29, 1.82) is 0 Å². The van der Waals surface area contributed by atoms with Crippen molar-refractivity contribution in [1.82, 2.24) is 0 Å². The highest BCUT2D eigenvalue weighted by Gasteiger charge is 2.29. The largest absolute Gasteiger partial charge is 1.00 e. The van der Waals surface area contributed by atoms with E-state index in [1.54, 1.807) is 12.1 Å². The van der Waals surface area contributed by atoms with Gasteiger partial charge in [0.05, 0.1) is 24.1 Å². The van der Waals surface area contributed by atoms with Crippen LogP contribution in [0, 0.1) is 10.1 Å². The Bertz CT molecular complexity index is 687. The average Bonchev–Trinajstić information content (AvgIpc) is 2.56. The molecule has 1 aromatic heterocycles. The fourth-order valence-electron chi connectivity index (χ4n) is 2.61. The molecule has 1 aliphatic heterocycles. The molecule has 0 bridgehead atoms. The molecule has 7 heteroatoms. The van der Waals surface area contributed by atoms with Crippen LogP contribution in [0.3, 0.4) is 0 Å². The Morgan fingerprint density at radius 2 is 1.91 bits per heavy atom. The first-order valence-corrected chi connectivity index (χ1v) is 7.07. The summed E-state index contributed by atoms with van der Waals surface area (Å²) in [6.45, 7) is 1.04. The molecule has 0 unspecified atom stereocenters. The standard InChI is InChI=1S/C16H17N2O4.HI/c1-17-8-3-2-7-15(17)13-10-21-16(22-11-13)12-5-4-6-14(9-12)18(19)20;/h2-9,13,16H,10-11H2,1H3;1H/q+1;/p-1. The van der Waals surface area contributed by atoms with E-state index < -0.39 is 11.2 Å². The van der Waals surface area contributed by atoms with Gasteiger partial charge in [-0.05, 0) is 0 Å². The minimum absolute atomic E-state index is 0. The Hall–Kier alpha value is -1.58. The lowest BCUT2D eigenvalue weighted by Crippen LogP contribution is -3.00. The summed E-state index contributed by atoms with van der Waals surface area (Å²) >= 11 is 0. The van der Waals surface area contributed by atoms with Crippen LogP contribution in [0.4, 0.5) is 5.69 Å². The molecule has 6 nitrogen and oxygen atoms in total. The van der Waals surface area contributed by atoms with Gasteiger partial charge in [-0.15, -0.1) is 0 Å². The molecule has 2 heterocycles. The molecule has 1 fully saturated rings. The molecule has 1 aromatic carbocycles. The molecule has 1 saturated heterocycles. The van der Waals surface area contributed by atoms with Crippen LogP contribution in [0.5, 0.6) is 0 Å². The summed E-state index contributed by atoms with van der Waals surface area (Å²) in [7, 11) is 1.99. The molecular formula is C16H17IN2O4. The molecule has 0 atom stereocenters. The molecule has 122 valence electrons. The SMILES string of the molecule is C[n+]1ccccc1C1COC(c2cccc([N+](=O)[O-])c2)OC1.[I-]. The molecule has 1 aliphatic rings. The number of ether oxygens (including phenoxy) is 2. The van der Waals surface area contributed by atoms with Crippen molar-refractivity contribution < 1.29 is 42.9 Å². The molecule has 3 rings (SSSR count). The van der Waals surface area contributed by atoms with Gasteiger partial charge in [0.1, 0.15) is 7.05 Å². The van der Waals surface area contributed by atoms with Gasteiger partial charge in [0, 0.05) is 29.8 Å². The molecule has 0 amide bonds. The Kier molecular flexibility index (Phi) is 6.03. The number of benzene rings is 1. The lowest BCUT2D eigenvalue weighted by atomic mass is 10.1. The molecule has 2 aromatic rings.